The molecule has 0 radical (unpaired) electrons. The summed E-state index contributed by atoms with van der Waals surface area (Å²) in [5, 5.41) is 15.4. The lowest BCUT2D eigenvalue weighted by molar-refractivity contribution is -0.383. The van der Waals surface area contributed by atoms with E-state index in [4.69, 9.17) is 16.3 Å². The predicted molar refractivity (Wildman–Crippen MR) is 123 cm³/mol. The molecule has 1 aliphatic rings. The van der Waals surface area contributed by atoms with E-state index in [1.54, 1.807) is 18.3 Å². The maximum absolute atomic E-state index is 11.9. The summed E-state index contributed by atoms with van der Waals surface area (Å²) in [7, 11) is 0. The average Bonchev–Trinajstić information content (AvgIpc) is 2.83. The van der Waals surface area contributed by atoms with E-state index in [1.807, 2.05) is 35.2 Å². The van der Waals surface area contributed by atoms with Crippen molar-refractivity contribution in [2.45, 2.75) is 0 Å². The third-order valence-electron chi connectivity index (χ3n) is 5.03. The van der Waals surface area contributed by atoms with Crippen molar-refractivity contribution in [1.82, 2.24) is 15.0 Å². The second-order valence-corrected chi connectivity index (χ2v) is 7.43. The molecule has 1 aliphatic heterocycles. The van der Waals surface area contributed by atoms with Crippen LogP contribution in [0.4, 0.5) is 23.1 Å². The summed E-state index contributed by atoms with van der Waals surface area (Å²) in [6.07, 6.45) is 3.09. The molecular formula is C21H22ClN7O3. The third-order valence-corrected chi connectivity index (χ3v) is 5.34. The number of rotatable bonds is 8. The van der Waals surface area contributed by atoms with Gasteiger partial charge in [-0.05, 0) is 24.3 Å². The highest BCUT2D eigenvalue weighted by Crippen LogP contribution is 2.32. The standard InChI is InChI=1S/C21H22ClN7O3/c22-16-5-1-2-6-17(16)32-14-9-24-20-19(29(30)31)21(26-15-25-20)28-12-10-27(11-13-28)18-7-3-4-8-23-18/h1-8,15H,9-14H2,(H,24,25,26). The summed E-state index contributed by atoms with van der Waals surface area (Å²) in [5.41, 5.74) is -0.142. The van der Waals surface area contributed by atoms with E-state index in [2.05, 4.69) is 25.2 Å². The Hall–Kier alpha value is -3.66. The normalized spacial score (nSPS) is 13.7. The molecule has 2 aromatic heterocycles. The van der Waals surface area contributed by atoms with Crippen molar-refractivity contribution in [2.24, 2.45) is 0 Å². The molecule has 3 aromatic rings. The van der Waals surface area contributed by atoms with Crippen LogP contribution < -0.4 is 19.9 Å². The van der Waals surface area contributed by atoms with E-state index in [0.29, 0.717) is 49.3 Å². The lowest BCUT2D eigenvalue weighted by Gasteiger charge is -2.35. The van der Waals surface area contributed by atoms with E-state index >= 15 is 0 Å². The molecule has 1 saturated heterocycles. The predicted octanol–water partition coefficient (Wildman–Crippen LogP) is 3.25. The number of para-hydroxylation sites is 1. The largest absolute Gasteiger partial charge is 0.490 e. The molecule has 1 aromatic carbocycles. The maximum Gasteiger partial charge on any atom is 0.353 e. The highest BCUT2D eigenvalue weighted by molar-refractivity contribution is 6.32. The first kappa shape index (κ1) is 21.6. The fourth-order valence-corrected chi connectivity index (χ4v) is 3.67. The van der Waals surface area contributed by atoms with Gasteiger partial charge < -0.3 is 19.9 Å². The molecule has 0 unspecified atom stereocenters. The number of benzene rings is 1. The van der Waals surface area contributed by atoms with Crippen LogP contribution in [0, 0.1) is 10.1 Å². The molecule has 0 saturated carbocycles. The smallest absolute Gasteiger partial charge is 0.353 e. The van der Waals surface area contributed by atoms with E-state index in [0.717, 1.165) is 5.82 Å². The van der Waals surface area contributed by atoms with Crippen molar-refractivity contribution < 1.29 is 9.66 Å². The SMILES string of the molecule is O=[N+]([O-])c1c(NCCOc2ccccc2Cl)ncnc1N1CCN(c2ccccn2)CC1. The van der Waals surface area contributed by atoms with Gasteiger partial charge in [0.25, 0.3) is 0 Å². The second-order valence-electron chi connectivity index (χ2n) is 7.02. The first-order valence-electron chi connectivity index (χ1n) is 10.1. The van der Waals surface area contributed by atoms with Gasteiger partial charge in [-0.1, -0.05) is 29.8 Å². The van der Waals surface area contributed by atoms with Crippen molar-refractivity contribution in [3.63, 3.8) is 0 Å². The van der Waals surface area contributed by atoms with Gasteiger partial charge in [-0.2, -0.15) is 0 Å². The Labute approximate surface area is 190 Å². The Bertz CT molecular complexity index is 1060. The van der Waals surface area contributed by atoms with Crippen LogP contribution in [-0.4, -0.2) is 59.2 Å². The van der Waals surface area contributed by atoms with Crippen molar-refractivity contribution in [2.75, 3.05) is 54.4 Å². The fraction of sp³-hybridized carbons (Fsp3) is 0.286. The van der Waals surface area contributed by atoms with Crippen molar-refractivity contribution in [1.29, 1.82) is 0 Å². The van der Waals surface area contributed by atoms with E-state index < -0.39 is 4.92 Å². The minimum atomic E-state index is -0.447. The molecule has 0 amide bonds. The fourth-order valence-electron chi connectivity index (χ4n) is 3.48. The number of halogens is 1. The Balaban J connectivity index is 1.41. The molecule has 0 spiro atoms. The summed E-state index contributed by atoms with van der Waals surface area (Å²) in [5.74, 6) is 1.92. The van der Waals surface area contributed by atoms with E-state index in [9.17, 15) is 10.1 Å². The van der Waals surface area contributed by atoms with E-state index in [1.165, 1.54) is 6.33 Å². The Morgan fingerprint density at radius 3 is 2.50 bits per heavy atom. The summed E-state index contributed by atoms with van der Waals surface area (Å²) >= 11 is 6.07. The summed E-state index contributed by atoms with van der Waals surface area (Å²) in [6.45, 7) is 3.13. The van der Waals surface area contributed by atoms with Gasteiger partial charge in [0.1, 0.15) is 24.5 Å². The van der Waals surface area contributed by atoms with Gasteiger partial charge in [-0.15, -0.1) is 0 Å². The third kappa shape index (κ3) is 4.97. The zero-order chi connectivity index (χ0) is 22.3. The molecule has 11 heteroatoms. The van der Waals surface area contributed by atoms with Gasteiger partial charge in [0.15, 0.2) is 0 Å². The van der Waals surface area contributed by atoms with Crippen LogP contribution in [-0.2, 0) is 0 Å². The van der Waals surface area contributed by atoms with Gasteiger partial charge >= 0.3 is 5.69 Å². The van der Waals surface area contributed by atoms with Gasteiger partial charge in [-0.25, -0.2) is 15.0 Å². The number of nitro groups is 1. The minimum Gasteiger partial charge on any atom is -0.490 e. The lowest BCUT2D eigenvalue weighted by atomic mass is 10.2. The van der Waals surface area contributed by atoms with Gasteiger partial charge in [0.2, 0.25) is 11.6 Å². The van der Waals surface area contributed by atoms with Gasteiger partial charge in [-0.3, -0.25) is 10.1 Å². The Kier molecular flexibility index (Phi) is 6.81. The first-order valence-corrected chi connectivity index (χ1v) is 10.5. The quantitative estimate of drug-likeness (QED) is 0.311. The number of ether oxygens (including phenoxy) is 1. The molecule has 1 N–H and O–H groups in total. The first-order chi connectivity index (χ1) is 15.6. The molecule has 0 bridgehead atoms. The highest BCUT2D eigenvalue weighted by atomic mass is 35.5. The lowest BCUT2D eigenvalue weighted by Crippen LogP contribution is -2.47. The Morgan fingerprint density at radius 1 is 1.03 bits per heavy atom. The molecule has 3 heterocycles. The van der Waals surface area contributed by atoms with Crippen LogP contribution in [0.5, 0.6) is 5.75 Å². The monoisotopic (exact) mass is 455 g/mol. The van der Waals surface area contributed by atoms with Crippen LogP contribution in [0.25, 0.3) is 0 Å². The number of aromatic nitrogens is 3. The Morgan fingerprint density at radius 2 is 1.78 bits per heavy atom. The zero-order valence-corrected chi connectivity index (χ0v) is 18.0. The minimum absolute atomic E-state index is 0.142. The van der Waals surface area contributed by atoms with Crippen molar-refractivity contribution in [3.8, 4) is 5.75 Å². The molecule has 32 heavy (non-hydrogen) atoms. The molecular weight excluding hydrogens is 434 g/mol. The van der Waals surface area contributed by atoms with Gasteiger partial charge in [0, 0.05) is 32.4 Å². The van der Waals surface area contributed by atoms with Gasteiger partial charge in [0.05, 0.1) is 16.5 Å². The van der Waals surface area contributed by atoms with E-state index in [-0.39, 0.29) is 18.1 Å². The van der Waals surface area contributed by atoms with Crippen LogP contribution in [0.1, 0.15) is 0 Å². The number of piperazine rings is 1. The second kappa shape index (κ2) is 10.1. The number of hydrogen-bond acceptors (Lipinski definition) is 9. The van der Waals surface area contributed by atoms with Crippen LogP contribution in [0.15, 0.2) is 55.0 Å². The van der Waals surface area contributed by atoms with Crippen LogP contribution >= 0.6 is 11.6 Å². The number of pyridine rings is 1. The number of anilines is 3. The molecule has 10 nitrogen and oxygen atoms in total. The summed E-state index contributed by atoms with van der Waals surface area (Å²) < 4.78 is 5.63. The van der Waals surface area contributed by atoms with Crippen LogP contribution in [0.3, 0.4) is 0 Å². The molecule has 1 fully saturated rings. The van der Waals surface area contributed by atoms with Crippen molar-refractivity contribution >= 4 is 34.7 Å². The summed E-state index contributed by atoms with van der Waals surface area (Å²) in [4.78, 5) is 28.1. The maximum atomic E-state index is 11.9. The summed E-state index contributed by atoms with van der Waals surface area (Å²) in [6, 6.07) is 12.9. The average molecular weight is 456 g/mol. The number of hydrogen-bond donors (Lipinski definition) is 1. The van der Waals surface area contributed by atoms with Crippen molar-refractivity contribution in [3.05, 3.63) is 70.1 Å². The zero-order valence-electron chi connectivity index (χ0n) is 17.2. The number of nitrogens with zero attached hydrogens (tertiary/aromatic N) is 6. The molecule has 166 valence electrons. The molecule has 4 rings (SSSR count). The number of nitrogens with one attached hydrogen (secondary N) is 1. The van der Waals surface area contributed by atoms with Crippen LogP contribution in [0.2, 0.25) is 5.02 Å². The highest BCUT2D eigenvalue weighted by Gasteiger charge is 2.29. The molecule has 0 aliphatic carbocycles. The topological polar surface area (TPSA) is 110 Å². The molecule has 0 atom stereocenters.